The average molecular weight is 380 g/mol. The molecule has 4 N–H and O–H groups in total. The molecule has 116 valence electrons. The number of hydrogen-bond donors (Lipinski definition) is 3. The zero-order chi connectivity index (χ0) is 16.0. The molecule has 0 saturated carbocycles. The summed E-state index contributed by atoms with van der Waals surface area (Å²) >= 11 is 9.10. The molecule has 1 aromatic carbocycles. The van der Waals surface area contributed by atoms with Gasteiger partial charge in [-0.1, -0.05) is 11.6 Å². The Labute approximate surface area is 135 Å². The Morgan fingerprint density at radius 1 is 1.52 bits per heavy atom. The number of hydrogen-bond acceptors (Lipinski definition) is 5. The third-order valence-electron chi connectivity index (χ3n) is 2.63. The van der Waals surface area contributed by atoms with Gasteiger partial charge in [0, 0.05) is 10.6 Å². The van der Waals surface area contributed by atoms with Crippen LogP contribution in [0.15, 0.2) is 16.6 Å². The number of benzene rings is 1. The maximum atomic E-state index is 11.6. The molecule has 0 aliphatic carbocycles. The van der Waals surface area contributed by atoms with E-state index in [0.717, 1.165) is 0 Å². The molecule has 0 bridgehead atoms. The maximum Gasteiger partial charge on any atom is 0.308 e. The Kier molecular flexibility index (Phi) is 6.94. The first-order valence-electron chi connectivity index (χ1n) is 6.22. The van der Waals surface area contributed by atoms with Crippen LogP contribution in [0.25, 0.3) is 0 Å². The van der Waals surface area contributed by atoms with Crippen LogP contribution in [0.3, 0.4) is 0 Å². The molecule has 0 aliphatic heterocycles. The van der Waals surface area contributed by atoms with Crippen molar-refractivity contribution in [3.8, 4) is 5.75 Å². The van der Waals surface area contributed by atoms with Crippen LogP contribution >= 0.6 is 27.5 Å². The third-order valence-corrected chi connectivity index (χ3v) is 3.45. The largest absolute Gasteiger partial charge is 0.506 e. The number of carbonyl (C=O) groups is 2. The lowest BCUT2D eigenvalue weighted by atomic mass is 10.0. The first kappa shape index (κ1) is 17.7. The van der Waals surface area contributed by atoms with Gasteiger partial charge in [-0.3, -0.25) is 9.59 Å². The summed E-state index contributed by atoms with van der Waals surface area (Å²) in [6, 6.07) is 2.20. The minimum atomic E-state index is -0.782. The first-order chi connectivity index (χ1) is 9.88. The smallest absolute Gasteiger partial charge is 0.308 e. The zero-order valence-corrected chi connectivity index (χ0v) is 13.7. The van der Waals surface area contributed by atoms with Crippen molar-refractivity contribution in [1.29, 1.82) is 0 Å². The van der Waals surface area contributed by atoms with Gasteiger partial charge in [-0.25, -0.2) is 0 Å². The van der Waals surface area contributed by atoms with Crippen LogP contribution in [0.5, 0.6) is 5.75 Å². The number of carbonyl (C=O) groups excluding carboxylic acids is 2. The van der Waals surface area contributed by atoms with E-state index in [-0.39, 0.29) is 25.3 Å². The summed E-state index contributed by atoms with van der Waals surface area (Å²) in [7, 11) is 0. The number of halogens is 2. The monoisotopic (exact) mass is 378 g/mol. The van der Waals surface area contributed by atoms with Crippen molar-refractivity contribution < 1.29 is 19.4 Å². The fourth-order valence-electron chi connectivity index (χ4n) is 1.73. The topological polar surface area (TPSA) is 102 Å². The zero-order valence-electron chi connectivity index (χ0n) is 11.4. The van der Waals surface area contributed by atoms with Crippen molar-refractivity contribution in [2.45, 2.75) is 19.4 Å². The molecule has 6 nitrogen and oxygen atoms in total. The van der Waals surface area contributed by atoms with Gasteiger partial charge in [0.2, 0.25) is 5.91 Å². The van der Waals surface area contributed by atoms with E-state index in [9.17, 15) is 14.7 Å². The lowest BCUT2D eigenvalue weighted by molar-refractivity contribution is -0.143. The second-order valence-electron chi connectivity index (χ2n) is 4.16. The summed E-state index contributed by atoms with van der Waals surface area (Å²) in [6.45, 7) is 1.67. The Morgan fingerprint density at radius 3 is 2.76 bits per heavy atom. The number of rotatable bonds is 6. The molecule has 1 amide bonds. The van der Waals surface area contributed by atoms with Crippen LogP contribution in [0, 0.1) is 0 Å². The summed E-state index contributed by atoms with van der Waals surface area (Å²) in [5.41, 5.74) is 5.57. The molecule has 1 atom stereocenters. The van der Waals surface area contributed by atoms with Crippen LogP contribution in [-0.2, 0) is 14.3 Å². The van der Waals surface area contributed by atoms with Gasteiger partial charge in [0.25, 0.3) is 0 Å². The number of ether oxygens (including phenoxy) is 1. The highest BCUT2D eigenvalue weighted by molar-refractivity contribution is 9.10. The van der Waals surface area contributed by atoms with Crippen LogP contribution in [0.2, 0.25) is 5.02 Å². The van der Waals surface area contributed by atoms with Crippen molar-refractivity contribution in [1.82, 2.24) is 5.32 Å². The Morgan fingerprint density at radius 2 is 2.19 bits per heavy atom. The van der Waals surface area contributed by atoms with E-state index in [4.69, 9.17) is 22.1 Å². The number of aromatic hydroxyl groups is 1. The number of nitrogens with one attached hydrogen (secondary N) is 1. The second-order valence-corrected chi connectivity index (χ2v) is 5.45. The third kappa shape index (κ3) is 5.18. The average Bonchev–Trinajstić information content (AvgIpc) is 2.42. The molecule has 0 aromatic heterocycles. The fraction of sp³-hybridized carbons (Fsp3) is 0.385. The van der Waals surface area contributed by atoms with E-state index < -0.39 is 17.9 Å². The summed E-state index contributed by atoms with van der Waals surface area (Å²) in [6.07, 6.45) is -0.139. The fourth-order valence-corrected chi connectivity index (χ4v) is 2.56. The summed E-state index contributed by atoms with van der Waals surface area (Å²) in [5.74, 6) is -1.07. The maximum absolute atomic E-state index is 11.6. The number of esters is 1. The molecule has 0 spiro atoms. The second kappa shape index (κ2) is 8.21. The summed E-state index contributed by atoms with van der Waals surface area (Å²) in [5, 5.41) is 13.0. The van der Waals surface area contributed by atoms with Crippen molar-refractivity contribution in [3.05, 3.63) is 27.2 Å². The van der Waals surface area contributed by atoms with E-state index >= 15 is 0 Å². The highest BCUT2D eigenvalue weighted by atomic mass is 79.9. The summed E-state index contributed by atoms with van der Waals surface area (Å²) in [4.78, 5) is 23.1. The molecule has 0 aliphatic rings. The Hall–Kier alpha value is -1.31. The van der Waals surface area contributed by atoms with Crippen molar-refractivity contribution >= 4 is 39.4 Å². The lowest BCUT2D eigenvalue weighted by Gasteiger charge is -2.20. The molecule has 0 fully saturated rings. The molecule has 0 radical (unpaired) electrons. The Bertz CT molecular complexity index is 539. The van der Waals surface area contributed by atoms with E-state index in [0.29, 0.717) is 15.1 Å². The molecule has 1 aromatic rings. The quantitative estimate of drug-likeness (QED) is 0.655. The highest BCUT2D eigenvalue weighted by Crippen LogP contribution is 2.36. The van der Waals surface area contributed by atoms with Gasteiger partial charge >= 0.3 is 5.97 Å². The molecule has 21 heavy (non-hydrogen) atoms. The van der Waals surface area contributed by atoms with Gasteiger partial charge in [-0.15, -0.1) is 0 Å². The molecular weight excluding hydrogens is 364 g/mol. The van der Waals surface area contributed by atoms with Gasteiger partial charge in [0.1, 0.15) is 5.75 Å². The van der Waals surface area contributed by atoms with Crippen LogP contribution in [-0.4, -0.2) is 30.1 Å². The molecule has 0 heterocycles. The molecule has 8 heteroatoms. The number of nitrogens with two attached hydrogens (primary N) is 1. The van der Waals surface area contributed by atoms with Crippen LogP contribution in [0.4, 0.5) is 0 Å². The standard InChI is InChI=1S/C13H16BrClN2O4/c1-2-21-12(19)5-10(17-11(18)6-16)8-3-7(15)4-9(14)13(8)20/h3-4,10,20H,2,5-6,16H2,1H3,(H,17,18). The number of amides is 1. The van der Waals surface area contributed by atoms with Gasteiger partial charge in [0.15, 0.2) is 0 Å². The van der Waals surface area contributed by atoms with Gasteiger partial charge in [-0.2, -0.15) is 0 Å². The predicted molar refractivity (Wildman–Crippen MR) is 82.0 cm³/mol. The van der Waals surface area contributed by atoms with Crippen molar-refractivity contribution in [3.63, 3.8) is 0 Å². The van der Waals surface area contributed by atoms with E-state index in [1.807, 2.05) is 0 Å². The SMILES string of the molecule is CCOC(=O)CC(NC(=O)CN)c1cc(Cl)cc(Br)c1O. The first-order valence-corrected chi connectivity index (χ1v) is 7.39. The predicted octanol–water partition coefficient (Wildman–Crippen LogP) is 1.88. The number of phenols is 1. The van der Waals surface area contributed by atoms with E-state index in [2.05, 4.69) is 21.2 Å². The minimum absolute atomic E-state index is 0.106. The Balaban J connectivity index is 3.10. The van der Waals surface area contributed by atoms with Crippen molar-refractivity contribution in [2.24, 2.45) is 5.73 Å². The van der Waals surface area contributed by atoms with Gasteiger partial charge < -0.3 is 20.9 Å². The van der Waals surface area contributed by atoms with Crippen molar-refractivity contribution in [2.75, 3.05) is 13.2 Å². The van der Waals surface area contributed by atoms with Gasteiger partial charge in [-0.05, 0) is 35.0 Å². The molecule has 0 saturated heterocycles. The van der Waals surface area contributed by atoms with E-state index in [1.54, 1.807) is 6.92 Å². The molecular formula is C13H16BrClN2O4. The van der Waals surface area contributed by atoms with Crippen LogP contribution in [0.1, 0.15) is 24.9 Å². The van der Waals surface area contributed by atoms with E-state index in [1.165, 1.54) is 12.1 Å². The molecule has 1 unspecified atom stereocenters. The van der Waals surface area contributed by atoms with Gasteiger partial charge in [0.05, 0.1) is 30.1 Å². The normalized spacial score (nSPS) is 11.8. The minimum Gasteiger partial charge on any atom is -0.506 e. The molecule has 1 rings (SSSR count). The van der Waals surface area contributed by atoms with Crippen LogP contribution < -0.4 is 11.1 Å². The summed E-state index contributed by atoms with van der Waals surface area (Å²) < 4.78 is 5.22. The highest BCUT2D eigenvalue weighted by Gasteiger charge is 2.23. The lowest BCUT2D eigenvalue weighted by Crippen LogP contribution is -2.35. The number of phenolic OH excluding ortho intramolecular Hbond substituents is 1.